The standard InChI is InChI=1S/C18H19N5O2S2/c1-2-12-5-7-13(8-6-12)16-21-18(23-22-16)27-11-15(24)20-17(25)19-10-14-4-3-9-26-14/h3-9H,2,10-11H2,1H3,(H,21,22,23)(H2,19,20,24,25). The minimum atomic E-state index is -0.513. The molecule has 140 valence electrons. The number of carbonyl (C=O) groups is 2. The van der Waals surface area contributed by atoms with Crippen molar-refractivity contribution < 1.29 is 9.59 Å². The zero-order valence-corrected chi connectivity index (χ0v) is 16.3. The van der Waals surface area contributed by atoms with Crippen molar-refractivity contribution in [1.82, 2.24) is 25.8 Å². The molecule has 0 fully saturated rings. The highest BCUT2D eigenvalue weighted by Gasteiger charge is 2.11. The Hall–Kier alpha value is -2.65. The van der Waals surface area contributed by atoms with E-state index < -0.39 is 11.9 Å². The van der Waals surface area contributed by atoms with Crippen LogP contribution in [0.1, 0.15) is 17.4 Å². The minimum absolute atomic E-state index is 0.0541. The lowest BCUT2D eigenvalue weighted by molar-refractivity contribution is -0.117. The van der Waals surface area contributed by atoms with E-state index in [2.05, 4.69) is 32.7 Å². The maximum absolute atomic E-state index is 11.9. The van der Waals surface area contributed by atoms with Gasteiger partial charge in [-0.1, -0.05) is 49.0 Å². The summed E-state index contributed by atoms with van der Waals surface area (Å²) in [6.45, 7) is 2.50. The molecule has 0 atom stereocenters. The van der Waals surface area contributed by atoms with Gasteiger partial charge in [-0.05, 0) is 23.4 Å². The zero-order valence-electron chi connectivity index (χ0n) is 14.7. The van der Waals surface area contributed by atoms with Gasteiger partial charge >= 0.3 is 6.03 Å². The molecule has 0 aliphatic heterocycles. The molecule has 0 unspecified atom stereocenters. The van der Waals surface area contributed by atoms with E-state index in [1.807, 2.05) is 41.8 Å². The lowest BCUT2D eigenvalue weighted by Gasteiger charge is -2.04. The summed E-state index contributed by atoms with van der Waals surface area (Å²) < 4.78 is 0. The molecule has 0 spiro atoms. The van der Waals surface area contributed by atoms with Crippen molar-refractivity contribution in [3.05, 3.63) is 52.2 Å². The number of aromatic amines is 1. The highest BCUT2D eigenvalue weighted by Crippen LogP contribution is 2.19. The number of rotatable bonds is 7. The molecule has 3 rings (SSSR count). The number of benzene rings is 1. The van der Waals surface area contributed by atoms with Crippen molar-refractivity contribution >= 4 is 35.0 Å². The average molecular weight is 402 g/mol. The monoisotopic (exact) mass is 401 g/mol. The van der Waals surface area contributed by atoms with Gasteiger partial charge in [0.25, 0.3) is 0 Å². The fourth-order valence-electron chi connectivity index (χ4n) is 2.26. The van der Waals surface area contributed by atoms with Crippen LogP contribution in [-0.2, 0) is 17.8 Å². The number of imide groups is 1. The quantitative estimate of drug-likeness (QED) is 0.528. The van der Waals surface area contributed by atoms with Crippen LogP contribution in [0.4, 0.5) is 4.79 Å². The van der Waals surface area contributed by atoms with Gasteiger partial charge in [0.05, 0.1) is 12.3 Å². The molecule has 27 heavy (non-hydrogen) atoms. The van der Waals surface area contributed by atoms with Crippen LogP contribution in [0.5, 0.6) is 0 Å². The topological polar surface area (TPSA) is 99.8 Å². The van der Waals surface area contributed by atoms with Crippen molar-refractivity contribution in [2.24, 2.45) is 0 Å². The molecule has 3 N–H and O–H groups in total. The first kappa shape index (κ1) is 19.1. The van der Waals surface area contributed by atoms with Crippen LogP contribution in [0.25, 0.3) is 11.4 Å². The molecule has 0 saturated carbocycles. The molecule has 0 aliphatic carbocycles. The van der Waals surface area contributed by atoms with Gasteiger partial charge in [0.2, 0.25) is 11.1 Å². The van der Waals surface area contributed by atoms with E-state index in [1.54, 1.807) is 11.3 Å². The molecule has 3 amide bonds. The van der Waals surface area contributed by atoms with E-state index in [9.17, 15) is 9.59 Å². The van der Waals surface area contributed by atoms with E-state index in [-0.39, 0.29) is 5.75 Å². The molecule has 7 nitrogen and oxygen atoms in total. The maximum atomic E-state index is 11.9. The fraction of sp³-hybridized carbons (Fsp3) is 0.222. The number of urea groups is 1. The Bertz CT molecular complexity index is 891. The van der Waals surface area contributed by atoms with Crippen molar-refractivity contribution in [1.29, 1.82) is 0 Å². The Morgan fingerprint density at radius 3 is 2.74 bits per heavy atom. The third-order valence-corrected chi connectivity index (χ3v) is 5.41. The second-order valence-corrected chi connectivity index (χ2v) is 7.59. The Morgan fingerprint density at radius 2 is 2.04 bits per heavy atom. The molecule has 0 bridgehead atoms. The zero-order chi connectivity index (χ0) is 19.1. The third kappa shape index (κ3) is 5.66. The number of aromatic nitrogens is 3. The van der Waals surface area contributed by atoms with E-state index in [4.69, 9.17) is 0 Å². The van der Waals surface area contributed by atoms with Gasteiger partial charge in [-0.3, -0.25) is 15.2 Å². The third-order valence-electron chi connectivity index (χ3n) is 3.69. The van der Waals surface area contributed by atoms with Gasteiger partial charge in [0.1, 0.15) is 0 Å². The van der Waals surface area contributed by atoms with Crippen molar-refractivity contribution in [3.8, 4) is 11.4 Å². The van der Waals surface area contributed by atoms with Gasteiger partial charge in [0, 0.05) is 10.4 Å². The van der Waals surface area contributed by atoms with Crippen molar-refractivity contribution in [2.45, 2.75) is 25.0 Å². The van der Waals surface area contributed by atoms with E-state index in [0.29, 0.717) is 17.5 Å². The Kier molecular flexibility index (Phi) is 6.61. The first-order chi connectivity index (χ1) is 13.1. The Morgan fingerprint density at radius 1 is 1.22 bits per heavy atom. The van der Waals surface area contributed by atoms with Crippen molar-refractivity contribution in [3.63, 3.8) is 0 Å². The number of thioether (sulfide) groups is 1. The van der Waals surface area contributed by atoms with Crippen LogP contribution in [0.3, 0.4) is 0 Å². The number of hydrogen-bond donors (Lipinski definition) is 3. The van der Waals surface area contributed by atoms with Crippen LogP contribution >= 0.6 is 23.1 Å². The molecular weight excluding hydrogens is 382 g/mol. The average Bonchev–Trinajstić information content (AvgIpc) is 3.37. The normalized spacial score (nSPS) is 10.6. The number of thiophene rings is 1. The van der Waals surface area contributed by atoms with E-state index >= 15 is 0 Å². The number of hydrogen-bond acceptors (Lipinski definition) is 6. The summed E-state index contributed by atoms with van der Waals surface area (Å²) in [5.74, 6) is 0.301. The summed E-state index contributed by atoms with van der Waals surface area (Å²) in [7, 11) is 0. The molecule has 1 aromatic carbocycles. The molecular formula is C18H19N5O2S2. The van der Waals surface area contributed by atoms with E-state index in [0.717, 1.165) is 16.9 Å². The molecule has 0 aliphatic rings. The predicted octanol–water partition coefficient (Wildman–Crippen LogP) is 3.21. The number of nitrogens with zero attached hydrogens (tertiary/aromatic N) is 2. The van der Waals surface area contributed by atoms with E-state index in [1.165, 1.54) is 17.3 Å². The lowest BCUT2D eigenvalue weighted by atomic mass is 10.1. The number of amides is 3. The summed E-state index contributed by atoms with van der Waals surface area (Å²) in [4.78, 5) is 29.0. The summed E-state index contributed by atoms with van der Waals surface area (Å²) >= 11 is 2.71. The van der Waals surface area contributed by atoms with Gasteiger partial charge in [-0.25, -0.2) is 9.78 Å². The van der Waals surface area contributed by atoms with Crippen molar-refractivity contribution in [2.75, 3.05) is 5.75 Å². The van der Waals surface area contributed by atoms with Crippen LogP contribution in [-0.4, -0.2) is 32.9 Å². The molecule has 0 saturated heterocycles. The highest BCUT2D eigenvalue weighted by molar-refractivity contribution is 7.99. The first-order valence-electron chi connectivity index (χ1n) is 8.38. The first-order valence-corrected chi connectivity index (χ1v) is 10.2. The predicted molar refractivity (Wildman–Crippen MR) is 107 cm³/mol. The van der Waals surface area contributed by atoms with Crippen LogP contribution < -0.4 is 10.6 Å². The molecule has 0 radical (unpaired) electrons. The molecule has 9 heteroatoms. The van der Waals surface area contributed by atoms with Gasteiger partial charge in [-0.15, -0.1) is 16.4 Å². The van der Waals surface area contributed by atoms with Gasteiger partial charge in [-0.2, -0.15) is 0 Å². The summed E-state index contributed by atoms with van der Waals surface area (Å²) in [5.41, 5.74) is 2.19. The number of aryl methyl sites for hydroxylation is 1. The highest BCUT2D eigenvalue weighted by atomic mass is 32.2. The SMILES string of the molecule is CCc1ccc(-c2nc(SCC(=O)NC(=O)NCc3cccs3)n[nH]2)cc1. The van der Waals surface area contributed by atoms with Crippen LogP contribution in [0.15, 0.2) is 46.9 Å². The minimum Gasteiger partial charge on any atom is -0.333 e. The number of carbonyl (C=O) groups excluding carboxylic acids is 2. The molecule has 3 aromatic rings. The van der Waals surface area contributed by atoms with Crippen LogP contribution in [0, 0.1) is 0 Å². The summed E-state index contributed by atoms with van der Waals surface area (Å²) in [6.07, 6.45) is 0.980. The second kappa shape index (κ2) is 9.33. The largest absolute Gasteiger partial charge is 0.333 e. The maximum Gasteiger partial charge on any atom is 0.321 e. The summed E-state index contributed by atoms with van der Waals surface area (Å²) in [6, 6.07) is 11.4. The number of nitrogens with one attached hydrogen (secondary N) is 3. The van der Waals surface area contributed by atoms with Crippen LogP contribution in [0.2, 0.25) is 0 Å². The second-order valence-electron chi connectivity index (χ2n) is 5.62. The smallest absolute Gasteiger partial charge is 0.321 e. The number of H-pyrrole nitrogens is 1. The Labute approximate surface area is 165 Å². The van der Waals surface area contributed by atoms with Gasteiger partial charge < -0.3 is 5.32 Å². The fourth-order valence-corrected chi connectivity index (χ4v) is 3.50. The lowest BCUT2D eigenvalue weighted by Crippen LogP contribution is -2.39. The van der Waals surface area contributed by atoms with Gasteiger partial charge in [0.15, 0.2) is 5.82 Å². The molecule has 2 aromatic heterocycles. The summed E-state index contributed by atoms with van der Waals surface area (Å²) in [5, 5.41) is 14.3. The Balaban J connectivity index is 1.44. The molecule has 2 heterocycles.